The first-order chi connectivity index (χ1) is 7.25. The van der Waals surface area contributed by atoms with Crippen LogP contribution < -0.4 is 0 Å². The van der Waals surface area contributed by atoms with Gasteiger partial charge in [-0.25, -0.2) is 0 Å². The zero-order valence-electron chi connectivity index (χ0n) is 11.0. The maximum absolute atomic E-state index is 11.8. The lowest BCUT2D eigenvalue weighted by molar-refractivity contribution is -0.155. The Morgan fingerprint density at radius 3 is 2.25 bits per heavy atom. The lowest BCUT2D eigenvalue weighted by Crippen LogP contribution is -2.31. The first-order valence-electron chi connectivity index (χ1n) is 5.67. The number of carbonyl (C=O) groups is 1. The lowest BCUT2D eigenvalue weighted by atomic mass is 9.75. The van der Waals surface area contributed by atoms with Crippen molar-refractivity contribution in [1.29, 1.82) is 0 Å². The third-order valence-corrected chi connectivity index (χ3v) is 2.56. The first-order valence-corrected chi connectivity index (χ1v) is 5.67. The second-order valence-electron chi connectivity index (χ2n) is 5.47. The second kappa shape index (κ2) is 5.88. The summed E-state index contributed by atoms with van der Waals surface area (Å²) in [6.07, 6.45) is 5.06. The van der Waals surface area contributed by atoms with Crippen LogP contribution in [-0.4, -0.2) is 12.6 Å². The quantitative estimate of drug-likeness (QED) is 0.374. The van der Waals surface area contributed by atoms with E-state index in [1.54, 1.807) is 6.08 Å². The minimum Gasteiger partial charge on any atom is -0.465 e. The zero-order valence-corrected chi connectivity index (χ0v) is 11.0. The van der Waals surface area contributed by atoms with Gasteiger partial charge in [0.15, 0.2) is 0 Å². The van der Waals surface area contributed by atoms with Crippen LogP contribution >= 0.6 is 0 Å². The van der Waals surface area contributed by atoms with E-state index in [-0.39, 0.29) is 11.4 Å². The molecule has 0 saturated heterocycles. The largest absolute Gasteiger partial charge is 0.465 e. The number of carbonyl (C=O) groups excluding carboxylic acids is 1. The van der Waals surface area contributed by atoms with Crippen LogP contribution in [0, 0.1) is 10.8 Å². The molecule has 0 aromatic carbocycles. The molecule has 0 aromatic rings. The van der Waals surface area contributed by atoms with Gasteiger partial charge in [-0.1, -0.05) is 26.0 Å². The zero-order chi connectivity index (χ0) is 12.8. The first kappa shape index (κ1) is 14.9. The van der Waals surface area contributed by atoms with Crippen molar-refractivity contribution in [1.82, 2.24) is 0 Å². The van der Waals surface area contributed by atoms with Crippen LogP contribution in [0.25, 0.3) is 0 Å². The number of esters is 1. The summed E-state index contributed by atoms with van der Waals surface area (Å²) in [5, 5.41) is 0. The molecule has 0 aliphatic carbocycles. The summed E-state index contributed by atoms with van der Waals surface area (Å²) in [5.41, 5.74) is -0.528. The smallest absolute Gasteiger partial charge is 0.311 e. The van der Waals surface area contributed by atoms with Crippen LogP contribution in [0.15, 0.2) is 25.3 Å². The maximum Gasteiger partial charge on any atom is 0.311 e. The predicted molar refractivity (Wildman–Crippen MR) is 68.1 cm³/mol. The van der Waals surface area contributed by atoms with Crippen molar-refractivity contribution in [2.75, 3.05) is 6.61 Å². The van der Waals surface area contributed by atoms with Gasteiger partial charge >= 0.3 is 5.97 Å². The van der Waals surface area contributed by atoms with Crippen molar-refractivity contribution in [2.24, 2.45) is 10.8 Å². The van der Waals surface area contributed by atoms with Crippen molar-refractivity contribution >= 4 is 5.97 Å². The summed E-state index contributed by atoms with van der Waals surface area (Å²) in [4.78, 5) is 11.8. The van der Waals surface area contributed by atoms with Gasteiger partial charge in [0, 0.05) is 0 Å². The van der Waals surface area contributed by atoms with Gasteiger partial charge in [0.25, 0.3) is 0 Å². The van der Waals surface area contributed by atoms with Crippen molar-refractivity contribution in [3.63, 3.8) is 0 Å². The van der Waals surface area contributed by atoms with Crippen molar-refractivity contribution < 1.29 is 9.53 Å². The van der Waals surface area contributed by atoms with E-state index in [9.17, 15) is 4.79 Å². The molecule has 0 rings (SSSR count). The summed E-state index contributed by atoms with van der Waals surface area (Å²) < 4.78 is 5.19. The Labute approximate surface area is 99.4 Å². The fourth-order valence-electron chi connectivity index (χ4n) is 1.71. The molecule has 0 fully saturated rings. The molecule has 0 radical (unpaired) electrons. The topological polar surface area (TPSA) is 26.3 Å². The summed E-state index contributed by atoms with van der Waals surface area (Å²) in [6, 6.07) is 0. The van der Waals surface area contributed by atoms with Crippen LogP contribution in [0.2, 0.25) is 0 Å². The molecule has 0 N–H and O–H groups in total. The third kappa shape index (κ3) is 5.15. The highest BCUT2D eigenvalue weighted by molar-refractivity contribution is 5.76. The lowest BCUT2D eigenvalue weighted by Gasteiger charge is -2.30. The second-order valence-corrected chi connectivity index (χ2v) is 5.47. The molecular formula is C14H24O2. The average Bonchev–Trinajstić information content (AvgIpc) is 2.16. The molecular weight excluding hydrogens is 200 g/mol. The van der Waals surface area contributed by atoms with E-state index < -0.39 is 5.41 Å². The van der Waals surface area contributed by atoms with Gasteiger partial charge in [-0.15, -0.1) is 13.2 Å². The van der Waals surface area contributed by atoms with Crippen molar-refractivity contribution in [3.05, 3.63) is 25.3 Å². The molecule has 0 heterocycles. The van der Waals surface area contributed by atoms with E-state index in [1.807, 2.05) is 19.9 Å². The van der Waals surface area contributed by atoms with Gasteiger partial charge in [0.1, 0.15) is 0 Å². The van der Waals surface area contributed by atoms with E-state index in [1.165, 1.54) is 0 Å². The fourth-order valence-corrected chi connectivity index (χ4v) is 1.71. The van der Waals surface area contributed by atoms with Gasteiger partial charge < -0.3 is 4.74 Å². The maximum atomic E-state index is 11.8. The average molecular weight is 224 g/mol. The minimum atomic E-state index is -0.473. The summed E-state index contributed by atoms with van der Waals surface area (Å²) in [6.45, 7) is 15.7. The molecule has 0 unspecified atom stereocenters. The molecule has 2 nitrogen and oxygen atoms in total. The number of rotatable bonds is 7. The monoisotopic (exact) mass is 224 g/mol. The molecule has 0 aromatic heterocycles. The molecule has 92 valence electrons. The number of hydrogen-bond donors (Lipinski definition) is 0. The SMILES string of the molecule is C=CCCOC(=O)C(C)(C)CC(C)(C)C=C. The van der Waals surface area contributed by atoms with Crippen LogP contribution in [0.1, 0.15) is 40.5 Å². The number of allylic oxidation sites excluding steroid dienone is 1. The summed E-state index contributed by atoms with van der Waals surface area (Å²) >= 11 is 0. The van der Waals surface area contributed by atoms with E-state index in [0.717, 1.165) is 6.42 Å². The van der Waals surface area contributed by atoms with Crippen LogP contribution in [0.4, 0.5) is 0 Å². The molecule has 0 aliphatic rings. The molecule has 0 amide bonds. The molecule has 2 heteroatoms. The van der Waals surface area contributed by atoms with Gasteiger partial charge in [-0.05, 0) is 32.1 Å². The van der Waals surface area contributed by atoms with E-state index in [4.69, 9.17) is 4.74 Å². The Balaban J connectivity index is 4.36. The number of hydrogen-bond acceptors (Lipinski definition) is 2. The van der Waals surface area contributed by atoms with Crippen LogP contribution in [-0.2, 0) is 9.53 Å². The molecule has 0 atom stereocenters. The van der Waals surface area contributed by atoms with Gasteiger partial charge in [-0.2, -0.15) is 0 Å². The van der Waals surface area contributed by atoms with E-state index in [0.29, 0.717) is 13.0 Å². The Hall–Kier alpha value is -1.05. The highest BCUT2D eigenvalue weighted by atomic mass is 16.5. The summed E-state index contributed by atoms with van der Waals surface area (Å²) in [5.74, 6) is -0.149. The molecule has 0 saturated carbocycles. The standard InChI is InChI=1S/C14H24O2/c1-7-9-10-16-12(15)14(5,6)11-13(3,4)8-2/h7-8H,1-2,9-11H2,3-6H3. The fraction of sp³-hybridized carbons (Fsp3) is 0.643. The predicted octanol–water partition coefficient (Wildman–Crippen LogP) is 3.73. The van der Waals surface area contributed by atoms with E-state index >= 15 is 0 Å². The third-order valence-electron chi connectivity index (χ3n) is 2.56. The highest BCUT2D eigenvalue weighted by Gasteiger charge is 2.34. The van der Waals surface area contributed by atoms with Gasteiger partial charge in [0.05, 0.1) is 12.0 Å². The molecule has 0 spiro atoms. The van der Waals surface area contributed by atoms with Gasteiger partial charge in [0.2, 0.25) is 0 Å². The Morgan fingerprint density at radius 2 is 1.81 bits per heavy atom. The van der Waals surface area contributed by atoms with Crippen molar-refractivity contribution in [3.8, 4) is 0 Å². The van der Waals surface area contributed by atoms with Crippen LogP contribution in [0.5, 0.6) is 0 Å². The molecule has 0 aliphatic heterocycles. The Morgan fingerprint density at radius 1 is 1.25 bits per heavy atom. The molecule has 16 heavy (non-hydrogen) atoms. The summed E-state index contributed by atoms with van der Waals surface area (Å²) in [7, 11) is 0. The van der Waals surface area contributed by atoms with Gasteiger partial charge in [-0.3, -0.25) is 4.79 Å². The normalized spacial score (nSPS) is 12.0. The number of ether oxygens (including phenoxy) is 1. The highest BCUT2D eigenvalue weighted by Crippen LogP contribution is 2.35. The molecule has 0 bridgehead atoms. The Bertz CT molecular complexity index is 262. The van der Waals surface area contributed by atoms with E-state index in [2.05, 4.69) is 27.0 Å². The minimum absolute atomic E-state index is 0.0546. The van der Waals surface area contributed by atoms with Crippen molar-refractivity contribution in [2.45, 2.75) is 40.5 Å². The van der Waals surface area contributed by atoms with Crippen LogP contribution in [0.3, 0.4) is 0 Å². The Kier molecular flexibility index (Phi) is 5.49.